The normalized spacial score (nSPS) is 12.4. The Morgan fingerprint density at radius 2 is 0.970 bits per heavy atom. The van der Waals surface area contributed by atoms with E-state index in [1.807, 2.05) is 0 Å². The van der Waals surface area contributed by atoms with Crippen molar-refractivity contribution in [2.75, 3.05) is 39.6 Å². The minimum atomic E-state index is -1.30. The first-order chi connectivity index (χ1) is 15.5. The lowest BCUT2D eigenvalue weighted by molar-refractivity contribution is -0.143. The zero-order valence-corrected chi connectivity index (χ0v) is 17.9. The molecule has 0 radical (unpaired) electrons. The maximum absolute atomic E-state index is 11.7. The smallest absolute Gasteiger partial charge is 0.326 e. The van der Waals surface area contributed by atoms with Crippen molar-refractivity contribution in [3.8, 4) is 0 Å². The van der Waals surface area contributed by atoms with Crippen molar-refractivity contribution in [3.05, 3.63) is 0 Å². The zero-order chi connectivity index (χ0) is 25.2. The number of carboxylic acid groups (broad SMARTS) is 2. The molecule has 15 heteroatoms. The molecular weight excluding hydrogens is 448 g/mol. The number of nitrogens with one attached hydrogen (secondary N) is 2. The molecule has 0 saturated heterocycles. The zero-order valence-electron chi connectivity index (χ0n) is 17.9. The topological polar surface area (TPSA) is 247 Å². The molecule has 8 N–H and O–H groups in total. The summed E-state index contributed by atoms with van der Waals surface area (Å²) in [6, 6.07) is -2.51. The SMILES string of the molecule is NC(=O)CCC(NC(=O)COCCOCCOCC(=O)NC(CCC(N)=O)C(=O)O)C(=O)O. The van der Waals surface area contributed by atoms with Crippen molar-refractivity contribution < 1.29 is 53.2 Å². The van der Waals surface area contributed by atoms with Gasteiger partial charge in [-0.1, -0.05) is 0 Å². The molecular formula is C18H30N4O11. The molecule has 0 aromatic carbocycles. The van der Waals surface area contributed by atoms with E-state index < -0.39 is 60.9 Å². The van der Waals surface area contributed by atoms with Gasteiger partial charge in [-0.15, -0.1) is 0 Å². The second kappa shape index (κ2) is 17.3. The van der Waals surface area contributed by atoms with Crippen molar-refractivity contribution >= 4 is 35.6 Å². The van der Waals surface area contributed by atoms with Gasteiger partial charge in [0.15, 0.2) is 0 Å². The van der Waals surface area contributed by atoms with Crippen LogP contribution in [0.5, 0.6) is 0 Å². The number of carbonyl (C=O) groups is 6. The van der Waals surface area contributed by atoms with Gasteiger partial charge in [-0.2, -0.15) is 0 Å². The lowest BCUT2D eigenvalue weighted by Gasteiger charge is -2.14. The molecule has 0 heterocycles. The first kappa shape index (κ1) is 29.7. The minimum Gasteiger partial charge on any atom is -0.480 e. The van der Waals surface area contributed by atoms with Crippen LogP contribution in [0.15, 0.2) is 0 Å². The summed E-state index contributed by atoms with van der Waals surface area (Å²) in [5.74, 6) is -5.33. The van der Waals surface area contributed by atoms with Gasteiger partial charge in [0.25, 0.3) is 0 Å². The van der Waals surface area contributed by atoms with E-state index in [0.29, 0.717) is 0 Å². The van der Waals surface area contributed by atoms with Crippen molar-refractivity contribution in [2.45, 2.75) is 37.8 Å². The van der Waals surface area contributed by atoms with E-state index in [0.717, 1.165) is 0 Å². The Hall–Kier alpha value is -3.30. The molecule has 0 rings (SSSR count). The van der Waals surface area contributed by atoms with E-state index >= 15 is 0 Å². The van der Waals surface area contributed by atoms with Crippen molar-refractivity contribution in [3.63, 3.8) is 0 Å². The van der Waals surface area contributed by atoms with Gasteiger partial charge in [0.2, 0.25) is 23.6 Å². The van der Waals surface area contributed by atoms with Gasteiger partial charge in [0.05, 0.1) is 26.4 Å². The molecule has 0 aliphatic carbocycles. The summed E-state index contributed by atoms with van der Waals surface area (Å²) in [7, 11) is 0. The Morgan fingerprint density at radius 3 is 1.27 bits per heavy atom. The highest BCUT2D eigenvalue weighted by Gasteiger charge is 2.21. The van der Waals surface area contributed by atoms with Gasteiger partial charge in [0, 0.05) is 12.8 Å². The Balaban J connectivity index is 3.84. The fraction of sp³-hybridized carbons (Fsp3) is 0.667. The fourth-order valence-electron chi connectivity index (χ4n) is 2.23. The number of hydrogen-bond acceptors (Lipinski definition) is 9. The van der Waals surface area contributed by atoms with Gasteiger partial charge in [-0.05, 0) is 12.8 Å². The molecule has 0 fully saturated rings. The van der Waals surface area contributed by atoms with Crippen LogP contribution in [0.4, 0.5) is 0 Å². The van der Waals surface area contributed by atoms with Crippen LogP contribution < -0.4 is 22.1 Å². The van der Waals surface area contributed by atoms with Gasteiger partial charge in [-0.3, -0.25) is 19.2 Å². The highest BCUT2D eigenvalue weighted by atomic mass is 16.5. The van der Waals surface area contributed by atoms with Crippen molar-refractivity contribution in [1.82, 2.24) is 10.6 Å². The van der Waals surface area contributed by atoms with Crippen LogP contribution in [0.1, 0.15) is 25.7 Å². The molecule has 0 aliphatic heterocycles. The highest BCUT2D eigenvalue weighted by Crippen LogP contribution is 1.98. The molecule has 0 aromatic rings. The summed E-state index contributed by atoms with van der Waals surface area (Å²) in [6.45, 7) is -0.621. The van der Waals surface area contributed by atoms with E-state index in [1.54, 1.807) is 0 Å². The largest absolute Gasteiger partial charge is 0.480 e. The Morgan fingerprint density at radius 1 is 0.636 bits per heavy atom. The summed E-state index contributed by atoms with van der Waals surface area (Å²) in [5.41, 5.74) is 9.89. The number of carbonyl (C=O) groups excluding carboxylic acids is 4. The molecule has 188 valence electrons. The Kier molecular flexibility index (Phi) is 15.6. The van der Waals surface area contributed by atoms with E-state index in [2.05, 4.69) is 10.6 Å². The summed E-state index contributed by atoms with van der Waals surface area (Å²) >= 11 is 0. The number of nitrogens with two attached hydrogens (primary N) is 2. The summed E-state index contributed by atoms with van der Waals surface area (Å²) < 4.78 is 15.2. The number of rotatable bonds is 20. The lowest BCUT2D eigenvalue weighted by Crippen LogP contribution is -2.43. The Bertz CT molecular complexity index is 630. The van der Waals surface area contributed by atoms with Crippen LogP contribution in [0.3, 0.4) is 0 Å². The number of aliphatic carboxylic acids is 2. The molecule has 0 aliphatic rings. The second-order valence-corrected chi connectivity index (χ2v) is 6.64. The summed E-state index contributed by atoms with van der Waals surface area (Å²) in [4.78, 5) is 66.8. The molecule has 15 nitrogen and oxygen atoms in total. The third-order valence-electron chi connectivity index (χ3n) is 3.84. The van der Waals surface area contributed by atoms with Crippen molar-refractivity contribution in [1.29, 1.82) is 0 Å². The van der Waals surface area contributed by atoms with E-state index in [9.17, 15) is 28.8 Å². The third-order valence-corrected chi connectivity index (χ3v) is 3.84. The van der Waals surface area contributed by atoms with E-state index in [4.69, 9.17) is 35.9 Å². The van der Waals surface area contributed by atoms with E-state index in [-0.39, 0.29) is 52.1 Å². The maximum Gasteiger partial charge on any atom is 0.326 e. The second-order valence-electron chi connectivity index (χ2n) is 6.64. The lowest BCUT2D eigenvalue weighted by atomic mass is 10.1. The van der Waals surface area contributed by atoms with Gasteiger partial charge >= 0.3 is 11.9 Å². The molecule has 0 bridgehead atoms. The number of ether oxygens (including phenoxy) is 3. The van der Waals surface area contributed by atoms with Crippen LogP contribution in [0, 0.1) is 0 Å². The number of amides is 4. The van der Waals surface area contributed by atoms with Crippen LogP contribution in [-0.2, 0) is 43.0 Å². The van der Waals surface area contributed by atoms with Crippen LogP contribution in [0.25, 0.3) is 0 Å². The maximum atomic E-state index is 11.7. The summed E-state index contributed by atoms with van der Waals surface area (Å²) in [5, 5.41) is 22.4. The predicted molar refractivity (Wildman–Crippen MR) is 108 cm³/mol. The first-order valence-corrected chi connectivity index (χ1v) is 9.87. The molecule has 0 saturated carbocycles. The van der Waals surface area contributed by atoms with Gasteiger partial charge in [-0.25, -0.2) is 9.59 Å². The standard InChI is InChI=1S/C18H30N4O11/c19-13(23)3-1-11(17(27)28)21-15(25)9-32-7-5-31-6-8-33-10-16(26)22-12(18(29)30)2-4-14(20)24/h11-12H,1-10H2,(H2,19,23)(H2,20,24)(H,21,25)(H,22,26)(H,27,28)(H,29,30). The van der Waals surface area contributed by atoms with Gasteiger partial charge in [0.1, 0.15) is 25.3 Å². The molecule has 33 heavy (non-hydrogen) atoms. The highest BCUT2D eigenvalue weighted by molar-refractivity contribution is 5.85. The van der Waals surface area contributed by atoms with Crippen LogP contribution >= 0.6 is 0 Å². The molecule has 0 spiro atoms. The molecule has 0 aromatic heterocycles. The van der Waals surface area contributed by atoms with Crippen molar-refractivity contribution in [2.24, 2.45) is 11.5 Å². The number of primary amides is 2. The Labute approximate surface area is 189 Å². The van der Waals surface area contributed by atoms with Crippen LogP contribution in [0.2, 0.25) is 0 Å². The average Bonchev–Trinajstić information content (AvgIpc) is 2.72. The quantitative estimate of drug-likeness (QED) is 0.0946. The fourth-order valence-corrected chi connectivity index (χ4v) is 2.23. The molecule has 4 amide bonds. The predicted octanol–water partition coefficient (Wildman–Crippen LogP) is -3.29. The third kappa shape index (κ3) is 17.0. The molecule has 2 atom stereocenters. The summed E-state index contributed by atoms with van der Waals surface area (Å²) in [6.07, 6.45) is -0.653. The van der Waals surface area contributed by atoms with E-state index in [1.165, 1.54) is 0 Å². The number of hydrogen-bond donors (Lipinski definition) is 6. The average molecular weight is 478 g/mol. The monoisotopic (exact) mass is 478 g/mol. The number of carboxylic acids is 2. The minimum absolute atomic E-state index is 0.0209. The molecule has 2 unspecified atom stereocenters. The van der Waals surface area contributed by atoms with Crippen LogP contribution in [-0.4, -0.2) is 97.5 Å². The first-order valence-electron chi connectivity index (χ1n) is 9.87. The van der Waals surface area contributed by atoms with Gasteiger partial charge < -0.3 is 46.5 Å².